The fourth-order valence-corrected chi connectivity index (χ4v) is 7.66. The second-order valence-electron chi connectivity index (χ2n) is 12.0. The topological polar surface area (TPSA) is 101 Å². The van der Waals surface area contributed by atoms with Gasteiger partial charge in [0.15, 0.2) is 5.13 Å². The summed E-state index contributed by atoms with van der Waals surface area (Å²) in [7, 11) is 1.89. The number of nitrogens with one attached hydrogen (secondary N) is 1. The Labute approximate surface area is 258 Å². The van der Waals surface area contributed by atoms with Crippen LogP contribution in [0.4, 0.5) is 15.7 Å². The first-order chi connectivity index (χ1) is 20.1. The van der Waals surface area contributed by atoms with Gasteiger partial charge in [-0.2, -0.15) is 5.10 Å². The Morgan fingerprint density at radius 3 is 2.55 bits per heavy atom. The van der Waals surface area contributed by atoms with Crippen LogP contribution in [0.15, 0.2) is 52.2 Å². The Kier molecular flexibility index (Phi) is 7.97. The molecule has 1 amide bonds. The Morgan fingerprint density at radius 1 is 1.12 bits per heavy atom. The van der Waals surface area contributed by atoms with E-state index in [9.17, 15) is 4.79 Å². The normalized spacial score (nSPS) is 18.9. The predicted octanol–water partition coefficient (Wildman–Crippen LogP) is 6.01. The number of amides is 1. The van der Waals surface area contributed by atoms with Gasteiger partial charge in [0.1, 0.15) is 16.4 Å². The van der Waals surface area contributed by atoms with Gasteiger partial charge in [-0.1, -0.05) is 23.4 Å². The average molecular weight is 627 g/mol. The molecule has 2 fully saturated rings. The Morgan fingerprint density at radius 2 is 1.88 bits per heavy atom. The molecule has 42 heavy (non-hydrogen) atoms. The number of hydrogen-bond acceptors (Lipinski definition) is 10. The monoisotopic (exact) mass is 626 g/mol. The second kappa shape index (κ2) is 11.5. The van der Waals surface area contributed by atoms with Crippen molar-refractivity contribution in [3.8, 4) is 0 Å². The third-order valence-corrected chi connectivity index (χ3v) is 10.3. The fourth-order valence-electron chi connectivity index (χ4n) is 5.89. The molecule has 222 valence electrons. The molecule has 13 heteroatoms. The molecule has 2 saturated heterocycles. The summed E-state index contributed by atoms with van der Waals surface area (Å²) in [5, 5.41) is 13.0. The lowest BCUT2D eigenvalue weighted by Gasteiger charge is -2.51. The number of halogens is 1. The van der Waals surface area contributed by atoms with Gasteiger partial charge in [-0.3, -0.25) is 4.68 Å². The van der Waals surface area contributed by atoms with Gasteiger partial charge in [0.25, 0.3) is 0 Å². The minimum atomic E-state index is -0.551. The van der Waals surface area contributed by atoms with E-state index in [0.29, 0.717) is 11.6 Å². The lowest BCUT2D eigenvalue weighted by Crippen LogP contribution is -2.62. The second-order valence-corrected chi connectivity index (χ2v) is 14.3. The highest BCUT2D eigenvalue weighted by atomic mass is 35.5. The molecular weight excluding hydrogens is 592 g/mol. The van der Waals surface area contributed by atoms with E-state index in [-0.39, 0.29) is 17.6 Å². The lowest BCUT2D eigenvalue weighted by molar-refractivity contribution is 0.0379. The van der Waals surface area contributed by atoms with E-state index in [0.717, 1.165) is 70.7 Å². The van der Waals surface area contributed by atoms with Crippen molar-refractivity contribution in [1.29, 1.82) is 0 Å². The molecule has 0 radical (unpaired) electrons. The van der Waals surface area contributed by atoms with Crippen molar-refractivity contribution < 1.29 is 9.53 Å². The largest absolute Gasteiger partial charge is 0.444 e. The van der Waals surface area contributed by atoms with E-state index in [2.05, 4.69) is 25.2 Å². The molecular formula is C29H35ClN8O2S2. The molecule has 2 aliphatic rings. The van der Waals surface area contributed by atoms with E-state index >= 15 is 0 Å². The van der Waals surface area contributed by atoms with Crippen molar-refractivity contribution in [2.75, 3.05) is 36.0 Å². The molecule has 1 spiro atoms. The molecule has 6 rings (SSSR count). The number of fused-ring (bicyclic) bond motifs is 1. The summed E-state index contributed by atoms with van der Waals surface area (Å²) in [4.78, 5) is 32.3. The number of ether oxygens (including phenoxy) is 1. The SMILES string of the molecule is Cn1cc2c(Cl)c(Sc3cnc(N4CCC5(CC4)CCN(c4nccs4)CC5NC(=O)OC(C)(C)C)cn3)ccc2n1. The van der Waals surface area contributed by atoms with Crippen molar-refractivity contribution in [2.24, 2.45) is 12.5 Å². The number of aryl methyl sites for hydroxylation is 1. The van der Waals surface area contributed by atoms with Crippen LogP contribution in [0.5, 0.6) is 0 Å². The quantitative estimate of drug-likeness (QED) is 0.285. The third-order valence-electron chi connectivity index (χ3n) is 8.02. The molecule has 0 aliphatic carbocycles. The summed E-state index contributed by atoms with van der Waals surface area (Å²) in [6.45, 7) is 8.99. The number of alkyl carbamates (subject to hydrolysis) is 1. The number of carbonyl (C=O) groups is 1. The Bertz CT molecular complexity index is 1550. The van der Waals surface area contributed by atoms with Crippen molar-refractivity contribution in [3.05, 3.63) is 47.3 Å². The third kappa shape index (κ3) is 6.16. The van der Waals surface area contributed by atoms with Crippen molar-refractivity contribution in [3.63, 3.8) is 0 Å². The summed E-state index contributed by atoms with van der Waals surface area (Å²) in [6.07, 6.45) is 9.91. The van der Waals surface area contributed by atoms with Crippen molar-refractivity contribution >= 4 is 62.6 Å². The standard InChI is InChI=1S/C29H35ClN8O2S2/c1-28(2,3)40-27(39)34-22-18-38(26-31-10-14-41-26)13-9-29(22)7-11-37(12-8-29)23-15-33-24(16-32-23)42-21-6-5-20-19(25(21)30)17-36(4)35-20/h5-6,10,14-17,22H,7-9,11-13,18H2,1-4H3,(H,34,39). The van der Waals surface area contributed by atoms with Gasteiger partial charge >= 0.3 is 6.09 Å². The van der Waals surface area contributed by atoms with E-state index in [4.69, 9.17) is 26.3 Å². The van der Waals surface area contributed by atoms with Crippen LogP contribution in [0.3, 0.4) is 0 Å². The van der Waals surface area contributed by atoms with Gasteiger partial charge in [-0.05, 0) is 57.6 Å². The molecule has 1 atom stereocenters. The van der Waals surface area contributed by atoms with Crippen LogP contribution in [0.1, 0.15) is 40.0 Å². The summed E-state index contributed by atoms with van der Waals surface area (Å²) in [5.74, 6) is 0.861. The summed E-state index contributed by atoms with van der Waals surface area (Å²) >= 11 is 9.80. The highest BCUT2D eigenvalue weighted by Gasteiger charge is 2.46. The highest BCUT2D eigenvalue weighted by Crippen LogP contribution is 2.44. The summed E-state index contributed by atoms with van der Waals surface area (Å²) < 4.78 is 7.42. The van der Waals surface area contributed by atoms with E-state index < -0.39 is 5.60 Å². The van der Waals surface area contributed by atoms with Gasteiger partial charge in [-0.25, -0.2) is 19.7 Å². The first-order valence-corrected chi connectivity index (χ1v) is 16.2. The van der Waals surface area contributed by atoms with E-state index in [1.165, 1.54) is 11.8 Å². The van der Waals surface area contributed by atoms with Crippen LogP contribution in [0.25, 0.3) is 10.9 Å². The highest BCUT2D eigenvalue weighted by molar-refractivity contribution is 7.99. The maximum absolute atomic E-state index is 12.9. The lowest BCUT2D eigenvalue weighted by atomic mass is 9.68. The zero-order valence-electron chi connectivity index (χ0n) is 24.2. The van der Waals surface area contributed by atoms with Gasteiger partial charge in [-0.15, -0.1) is 11.3 Å². The number of rotatable bonds is 5. The van der Waals surface area contributed by atoms with Gasteiger partial charge < -0.3 is 19.9 Å². The van der Waals surface area contributed by atoms with Gasteiger partial charge in [0, 0.05) is 61.3 Å². The fraction of sp³-hybridized carbons (Fsp3) is 0.483. The molecule has 0 bridgehead atoms. The van der Waals surface area contributed by atoms with Crippen molar-refractivity contribution in [2.45, 2.75) is 61.6 Å². The number of hydrogen-bond donors (Lipinski definition) is 1. The molecule has 5 heterocycles. The molecule has 2 aliphatic heterocycles. The molecule has 3 aromatic heterocycles. The van der Waals surface area contributed by atoms with Crippen LogP contribution in [0, 0.1) is 5.41 Å². The van der Waals surface area contributed by atoms with Gasteiger partial charge in [0.2, 0.25) is 0 Å². The van der Waals surface area contributed by atoms with Crippen LogP contribution in [-0.2, 0) is 11.8 Å². The van der Waals surface area contributed by atoms with Crippen LogP contribution in [-0.4, -0.2) is 68.6 Å². The summed E-state index contributed by atoms with van der Waals surface area (Å²) in [6, 6.07) is 3.91. The van der Waals surface area contributed by atoms with E-state index in [1.807, 2.05) is 70.1 Å². The molecule has 4 aromatic rings. The molecule has 1 N–H and O–H groups in total. The number of nitrogens with zero attached hydrogens (tertiary/aromatic N) is 7. The van der Waals surface area contributed by atoms with E-state index in [1.54, 1.807) is 16.0 Å². The number of benzene rings is 1. The number of piperidine rings is 2. The number of anilines is 2. The minimum Gasteiger partial charge on any atom is -0.444 e. The van der Waals surface area contributed by atoms with Crippen molar-refractivity contribution in [1.82, 2.24) is 30.0 Å². The molecule has 0 saturated carbocycles. The number of thiazole rings is 1. The Balaban J connectivity index is 1.12. The van der Waals surface area contributed by atoms with Crippen LogP contribution < -0.4 is 15.1 Å². The smallest absolute Gasteiger partial charge is 0.407 e. The maximum atomic E-state index is 12.9. The van der Waals surface area contributed by atoms with Gasteiger partial charge in [0.05, 0.1) is 29.0 Å². The van der Waals surface area contributed by atoms with Crippen LogP contribution >= 0.6 is 34.7 Å². The predicted molar refractivity (Wildman–Crippen MR) is 168 cm³/mol. The zero-order valence-corrected chi connectivity index (χ0v) is 26.6. The summed E-state index contributed by atoms with van der Waals surface area (Å²) in [5.41, 5.74) is 0.296. The molecule has 10 nitrogen and oxygen atoms in total. The van der Waals surface area contributed by atoms with Crippen LogP contribution in [0.2, 0.25) is 5.02 Å². The molecule has 1 aromatic carbocycles. The maximum Gasteiger partial charge on any atom is 0.407 e. The first-order valence-electron chi connectivity index (χ1n) is 14.1. The number of carbonyl (C=O) groups excluding carboxylic acids is 1. The molecule has 1 unspecified atom stereocenters. The first kappa shape index (κ1) is 29.0. The zero-order chi connectivity index (χ0) is 29.5. The number of aromatic nitrogens is 5. The Hall–Kier alpha value is -3.09. The minimum absolute atomic E-state index is 0.0218. The average Bonchev–Trinajstić information content (AvgIpc) is 3.62.